The van der Waals surface area contributed by atoms with Gasteiger partial charge >= 0.3 is 0 Å². The molecule has 0 aliphatic carbocycles. The van der Waals surface area contributed by atoms with Gasteiger partial charge in [-0.3, -0.25) is 14.2 Å². The first-order chi connectivity index (χ1) is 11.0. The summed E-state index contributed by atoms with van der Waals surface area (Å²) in [5, 5.41) is 1.29. The summed E-state index contributed by atoms with van der Waals surface area (Å²) in [5.74, 6) is 0.483. The van der Waals surface area contributed by atoms with Gasteiger partial charge in [0.15, 0.2) is 5.16 Å². The van der Waals surface area contributed by atoms with E-state index in [2.05, 4.69) is 4.98 Å². The largest absolute Gasteiger partial charge is 0.335 e. The Labute approximate surface area is 143 Å². The number of carbonyl (C=O) groups is 1. The minimum atomic E-state index is -0.331. The van der Waals surface area contributed by atoms with Crippen LogP contribution >= 0.6 is 23.4 Å². The van der Waals surface area contributed by atoms with Gasteiger partial charge in [-0.25, -0.2) is 4.98 Å². The van der Waals surface area contributed by atoms with Crippen molar-refractivity contribution in [2.24, 2.45) is 0 Å². The van der Waals surface area contributed by atoms with Gasteiger partial charge in [-0.15, -0.1) is 0 Å². The highest BCUT2D eigenvalue weighted by Gasteiger charge is 2.25. The van der Waals surface area contributed by atoms with Crippen LogP contribution in [-0.4, -0.2) is 33.2 Å². The average molecular weight is 350 g/mol. The minimum absolute atomic E-state index is 0.104. The van der Waals surface area contributed by atoms with Crippen molar-refractivity contribution in [3.63, 3.8) is 0 Å². The molecule has 1 unspecified atom stereocenters. The number of carbonyl (C=O) groups excluding carboxylic acids is 1. The molecule has 0 saturated heterocycles. The van der Waals surface area contributed by atoms with Crippen LogP contribution in [0.1, 0.15) is 28.9 Å². The fourth-order valence-electron chi connectivity index (χ4n) is 2.52. The molecule has 0 bridgehead atoms. The Morgan fingerprint density at radius 2 is 2.26 bits per heavy atom. The van der Waals surface area contributed by atoms with E-state index in [1.54, 1.807) is 22.6 Å². The van der Waals surface area contributed by atoms with Crippen LogP contribution in [0.25, 0.3) is 0 Å². The molecule has 2 aromatic rings. The van der Waals surface area contributed by atoms with Gasteiger partial charge in [0.1, 0.15) is 5.56 Å². The Morgan fingerprint density at radius 3 is 3.00 bits per heavy atom. The van der Waals surface area contributed by atoms with Crippen LogP contribution in [-0.2, 0) is 6.54 Å². The third-order valence-corrected chi connectivity index (χ3v) is 5.23. The van der Waals surface area contributed by atoms with Crippen molar-refractivity contribution >= 4 is 29.3 Å². The molecule has 0 saturated carbocycles. The van der Waals surface area contributed by atoms with E-state index in [1.807, 2.05) is 25.1 Å². The quantitative estimate of drug-likeness (QED) is 0.799. The Balaban J connectivity index is 1.90. The molecule has 5 nitrogen and oxygen atoms in total. The summed E-state index contributed by atoms with van der Waals surface area (Å²) in [6, 6.07) is 7.16. The number of benzene rings is 1. The fraction of sp³-hybridized carbons (Fsp3) is 0.312. The van der Waals surface area contributed by atoms with Crippen molar-refractivity contribution in [1.82, 2.24) is 14.5 Å². The summed E-state index contributed by atoms with van der Waals surface area (Å²) in [4.78, 5) is 30.9. The molecule has 1 atom stereocenters. The van der Waals surface area contributed by atoms with Crippen molar-refractivity contribution < 1.29 is 4.79 Å². The van der Waals surface area contributed by atoms with Gasteiger partial charge in [0.2, 0.25) is 0 Å². The predicted octanol–water partition coefficient (Wildman–Crippen LogP) is 2.84. The van der Waals surface area contributed by atoms with Crippen LogP contribution in [0.15, 0.2) is 40.4 Å². The number of hydrogen-bond acceptors (Lipinski definition) is 4. The monoisotopic (exact) mass is 349 g/mol. The first kappa shape index (κ1) is 16.1. The molecule has 0 radical (unpaired) electrons. The SMILES string of the molecule is CC(c1cccc(Cl)c1)N(C)C(=O)c1cnc2n(c1=O)CCS2. The molecular formula is C16H16ClN3O2S. The number of aromatic nitrogens is 2. The highest BCUT2D eigenvalue weighted by molar-refractivity contribution is 7.99. The van der Waals surface area contributed by atoms with Gasteiger partial charge in [0, 0.05) is 30.6 Å². The maximum absolute atomic E-state index is 12.7. The van der Waals surface area contributed by atoms with Crippen molar-refractivity contribution in [3.8, 4) is 0 Å². The van der Waals surface area contributed by atoms with E-state index in [9.17, 15) is 9.59 Å². The second-order valence-electron chi connectivity index (χ2n) is 5.41. The number of fused-ring (bicyclic) bond motifs is 1. The number of hydrogen-bond donors (Lipinski definition) is 0. The summed E-state index contributed by atoms with van der Waals surface area (Å²) >= 11 is 7.54. The van der Waals surface area contributed by atoms with Crippen LogP contribution in [0.4, 0.5) is 0 Å². The van der Waals surface area contributed by atoms with Crippen LogP contribution in [0.3, 0.4) is 0 Å². The molecule has 1 aromatic heterocycles. The van der Waals surface area contributed by atoms with Gasteiger partial charge in [-0.1, -0.05) is 35.5 Å². The average Bonchev–Trinajstić information content (AvgIpc) is 3.03. The van der Waals surface area contributed by atoms with E-state index < -0.39 is 0 Å². The predicted molar refractivity (Wildman–Crippen MR) is 91.2 cm³/mol. The molecule has 7 heteroatoms. The first-order valence-corrected chi connectivity index (χ1v) is 8.60. The lowest BCUT2D eigenvalue weighted by molar-refractivity contribution is 0.0739. The Bertz CT molecular complexity index is 821. The number of halogens is 1. The molecule has 3 rings (SSSR count). The minimum Gasteiger partial charge on any atom is -0.335 e. The summed E-state index contributed by atoms with van der Waals surface area (Å²) in [7, 11) is 1.68. The van der Waals surface area contributed by atoms with Crippen LogP contribution in [0.5, 0.6) is 0 Å². The zero-order valence-electron chi connectivity index (χ0n) is 12.8. The van der Waals surface area contributed by atoms with Crippen molar-refractivity contribution in [3.05, 3.63) is 57.0 Å². The molecular weight excluding hydrogens is 334 g/mol. The smallest absolute Gasteiger partial charge is 0.267 e. The zero-order valence-corrected chi connectivity index (χ0v) is 14.4. The molecule has 23 heavy (non-hydrogen) atoms. The molecule has 0 N–H and O–H groups in total. The number of thioether (sulfide) groups is 1. The van der Waals surface area contributed by atoms with E-state index in [1.165, 1.54) is 18.0 Å². The Morgan fingerprint density at radius 1 is 1.48 bits per heavy atom. The highest BCUT2D eigenvalue weighted by Crippen LogP contribution is 2.24. The molecule has 1 aromatic carbocycles. The number of rotatable bonds is 3. The molecule has 1 aliphatic heterocycles. The van der Waals surface area contributed by atoms with Crippen LogP contribution in [0, 0.1) is 0 Å². The maximum atomic E-state index is 12.7. The van der Waals surface area contributed by atoms with E-state index in [0.29, 0.717) is 16.7 Å². The lowest BCUT2D eigenvalue weighted by atomic mass is 10.1. The lowest BCUT2D eigenvalue weighted by Gasteiger charge is -2.25. The van der Waals surface area contributed by atoms with E-state index in [4.69, 9.17) is 11.6 Å². The summed E-state index contributed by atoms with van der Waals surface area (Å²) < 4.78 is 1.57. The van der Waals surface area contributed by atoms with Crippen LogP contribution < -0.4 is 5.56 Å². The van der Waals surface area contributed by atoms with E-state index >= 15 is 0 Å². The van der Waals surface area contributed by atoms with Crippen molar-refractivity contribution in [1.29, 1.82) is 0 Å². The van der Waals surface area contributed by atoms with Crippen molar-refractivity contribution in [2.75, 3.05) is 12.8 Å². The summed E-state index contributed by atoms with van der Waals surface area (Å²) in [6.45, 7) is 2.50. The third-order valence-electron chi connectivity index (χ3n) is 4.02. The maximum Gasteiger partial charge on any atom is 0.267 e. The molecule has 0 spiro atoms. The van der Waals surface area contributed by atoms with E-state index in [0.717, 1.165) is 11.3 Å². The topological polar surface area (TPSA) is 55.2 Å². The molecule has 2 heterocycles. The second-order valence-corrected chi connectivity index (χ2v) is 6.91. The van der Waals surface area contributed by atoms with Gasteiger partial charge in [0.25, 0.3) is 11.5 Å². The second kappa shape index (κ2) is 6.37. The first-order valence-electron chi connectivity index (χ1n) is 7.24. The van der Waals surface area contributed by atoms with Crippen LogP contribution in [0.2, 0.25) is 5.02 Å². The number of amides is 1. The fourth-order valence-corrected chi connectivity index (χ4v) is 3.63. The summed E-state index contributed by atoms with van der Waals surface area (Å²) in [5.41, 5.74) is 0.751. The Hall–Kier alpha value is -1.79. The zero-order chi connectivity index (χ0) is 16.6. The Kier molecular flexibility index (Phi) is 4.46. The van der Waals surface area contributed by atoms with Gasteiger partial charge < -0.3 is 4.90 Å². The molecule has 1 amide bonds. The van der Waals surface area contributed by atoms with Gasteiger partial charge in [0.05, 0.1) is 6.04 Å². The third kappa shape index (κ3) is 3.01. The molecule has 0 fully saturated rings. The summed E-state index contributed by atoms with van der Waals surface area (Å²) in [6.07, 6.45) is 1.38. The standard InChI is InChI=1S/C16H16ClN3O2S/c1-10(11-4-3-5-12(17)8-11)19(2)14(21)13-9-18-16-20(15(13)22)6-7-23-16/h3-5,8-10H,6-7H2,1-2H3. The number of nitrogens with zero attached hydrogens (tertiary/aromatic N) is 3. The lowest BCUT2D eigenvalue weighted by Crippen LogP contribution is -2.36. The van der Waals surface area contributed by atoms with E-state index in [-0.39, 0.29) is 23.1 Å². The van der Waals surface area contributed by atoms with Gasteiger partial charge in [-0.2, -0.15) is 0 Å². The molecule has 120 valence electrons. The normalized spacial score (nSPS) is 14.4. The molecule has 1 aliphatic rings. The van der Waals surface area contributed by atoms with Gasteiger partial charge in [-0.05, 0) is 24.6 Å². The van der Waals surface area contributed by atoms with Crippen molar-refractivity contribution in [2.45, 2.75) is 24.7 Å². The highest BCUT2D eigenvalue weighted by atomic mass is 35.5.